The highest BCUT2D eigenvalue weighted by atomic mass is 16.5. The van der Waals surface area contributed by atoms with E-state index >= 15 is 0 Å². The number of nitrogens with one attached hydrogen (secondary N) is 2. The van der Waals surface area contributed by atoms with Crippen molar-refractivity contribution < 1.29 is 23.9 Å². The molecule has 0 fully saturated rings. The molecule has 7 heteroatoms. The molecule has 0 aromatic heterocycles. The Morgan fingerprint density at radius 1 is 1.08 bits per heavy atom. The molecule has 1 aromatic rings. The molecular formula is C18H26N2O5. The first-order valence-electron chi connectivity index (χ1n) is 8.46. The molecule has 0 heterocycles. The zero-order valence-electron chi connectivity index (χ0n) is 15.0. The summed E-state index contributed by atoms with van der Waals surface area (Å²) in [4.78, 5) is 35.1. The van der Waals surface area contributed by atoms with Crippen molar-refractivity contribution in [1.29, 1.82) is 0 Å². The molecule has 1 aromatic carbocycles. The van der Waals surface area contributed by atoms with Gasteiger partial charge in [-0.3, -0.25) is 14.4 Å². The highest BCUT2D eigenvalue weighted by Gasteiger charge is 2.17. The zero-order valence-corrected chi connectivity index (χ0v) is 15.0. The standard InChI is InChI=1S/C18H26N2O5/c1-4-6-11-24-15-9-7-14(8-10-15)18(23)20-12-16(21)25-13(3)17(22)19-5-2/h7-10,13H,4-6,11-12H2,1-3H3,(H,19,22)(H,20,23)/t13-/m0/s1. The average molecular weight is 350 g/mol. The largest absolute Gasteiger partial charge is 0.494 e. The Kier molecular flexibility index (Phi) is 9.06. The van der Waals surface area contributed by atoms with Gasteiger partial charge in [0, 0.05) is 12.1 Å². The summed E-state index contributed by atoms with van der Waals surface area (Å²) < 4.78 is 10.5. The van der Waals surface area contributed by atoms with Crippen molar-refractivity contribution in [3.05, 3.63) is 29.8 Å². The van der Waals surface area contributed by atoms with Gasteiger partial charge in [-0.25, -0.2) is 0 Å². The molecule has 0 bridgehead atoms. The number of amides is 2. The Morgan fingerprint density at radius 2 is 1.76 bits per heavy atom. The lowest BCUT2D eigenvalue weighted by molar-refractivity contribution is -0.153. The molecule has 0 unspecified atom stereocenters. The highest BCUT2D eigenvalue weighted by molar-refractivity contribution is 5.96. The van der Waals surface area contributed by atoms with Crippen LogP contribution in [0.4, 0.5) is 0 Å². The molecule has 1 rings (SSSR count). The van der Waals surface area contributed by atoms with Gasteiger partial charge < -0.3 is 20.1 Å². The molecule has 0 aliphatic rings. The molecule has 138 valence electrons. The molecule has 0 spiro atoms. The van der Waals surface area contributed by atoms with Crippen LogP contribution in [0.15, 0.2) is 24.3 Å². The third-order valence-electron chi connectivity index (χ3n) is 3.30. The minimum absolute atomic E-state index is 0.308. The first kappa shape index (κ1) is 20.5. The van der Waals surface area contributed by atoms with Gasteiger partial charge in [-0.15, -0.1) is 0 Å². The molecule has 0 radical (unpaired) electrons. The highest BCUT2D eigenvalue weighted by Crippen LogP contribution is 2.12. The van der Waals surface area contributed by atoms with E-state index in [0.717, 1.165) is 12.8 Å². The summed E-state index contributed by atoms with van der Waals surface area (Å²) >= 11 is 0. The Balaban J connectivity index is 2.40. The third kappa shape index (κ3) is 7.69. The molecular weight excluding hydrogens is 324 g/mol. The van der Waals surface area contributed by atoms with E-state index in [2.05, 4.69) is 17.6 Å². The normalized spacial score (nSPS) is 11.3. The Morgan fingerprint density at radius 3 is 2.36 bits per heavy atom. The molecule has 0 saturated heterocycles. The number of unbranched alkanes of at least 4 members (excludes halogenated alkanes) is 1. The van der Waals surface area contributed by atoms with Crippen LogP contribution in [-0.2, 0) is 14.3 Å². The van der Waals surface area contributed by atoms with Crippen molar-refractivity contribution in [2.75, 3.05) is 19.7 Å². The molecule has 1 atom stereocenters. The van der Waals surface area contributed by atoms with Crippen LogP contribution in [0, 0.1) is 0 Å². The van der Waals surface area contributed by atoms with Gasteiger partial charge in [-0.05, 0) is 44.5 Å². The molecule has 0 aliphatic heterocycles. The van der Waals surface area contributed by atoms with Gasteiger partial charge in [0.15, 0.2) is 6.10 Å². The van der Waals surface area contributed by atoms with Crippen LogP contribution in [0.1, 0.15) is 44.0 Å². The summed E-state index contributed by atoms with van der Waals surface area (Å²) in [6.45, 7) is 6.11. The van der Waals surface area contributed by atoms with Gasteiger partial charge in [0.1, 0.15) is 12.3 Å². The summed E-state index contributed by atoms with van der Waals surface area (Å²) in [5, 5.41) is 5.01. The number of carbonyl (C=O) groups is 3. The van der Waals surface area contributed by atoms with Crippen molar-refractivity contribution in [2.45, 2.75) is 39.7 Å². The summed E-state index contributed by atoms with van der Waals surface area (Å²) in [5.74, 6) is -0.754. The van der Waals surface area contributed by atoms with Gasteiger partial charge in [0.2, 0.25) is 0 Å². The molecule has 2 amide bonds. The third-order valence-corrected chi connectivity index (χ3v) is 3.30. The maximum absolute atomic E-state index is 12.0. The van der Waals surface area contributed by atoms with Crippen LogP contribution in [0.5, 0.6) is 5.75 Å². The van der Waals surface area contributed by atoms with Crippen LogP contribution >= 0.6 is 0 Å². The number of carbonyl (C=O) groups excluding carboxylic acids is 3. The lowest BCUT2D eigenvalue weighted by Crippen LogP contribution is -2.38. The van der Waals surface area contributed by atoms with Crippen LogP contribution in [0.2, 0.25) is 0 Å². The van der Waals surface area contributed by atoms with Crippen molar-refractivity contribution in [2.24, 2.45) is 0 Å². The van der Waals surface area contributed by atoms with Gasteiger partial charge in [0.05, 0.1) is 6.61 Å². The van der Waals surface area contributed by atoms with E-state index in [1.165, 1.54) is 6.92 Å². The zero-order chi connectivity index (χ0) is 18.7. The lowest BCUT2D eigenvalue weighted by atomic mass is 10.2. The Labute approximate surface area is 148 Å². The molecule has 2 N–H and O–H groups in total. The molecule has 25 heavy (non-hydrogen) atoms. The lowest BCUT2D eigenvalue weighted by Gasteiger charge is -2.13. The van der Waals surface area contributed by atoms with Crippen LogP contribution in [0.3, 0.4) is 0 Å². The Bertz CT molecular complexity index is 571. The van der Waals surface area contributed by atoms with Crippen molar-refractivity contribution >= 4 is 17.8 Å². The van der Waals surface area contributed by atoms with E-state index in [4.69, 9.17) is 9.47 Å². The van der Waals surface area contributed by atoms with E-state index in [9.17, 15) is 14.4 Å². The van der Waals surface area contributed by atoms with E-state index in [0.29, 0.717) is 24.5 Å². The van der Waals surface area contributed by atoms with Gasteiger partial charge in [-0.2, -0.15) is 0 Å². The first-order valence-corrected chi connectivity index (χ1v) is 8.46. The monoisotopic (exact) mass is 350 g/mol. The van der Waals surface area contributed by atoms with Crippen molar-refractivity contribution in [3.63, 3.8) is 0 Å². The van der Waals surface area contributed by atoms with E-state index in [1.54, 1.807) is 31.2 Å². The van der Waals surface area contributed by atoms with Gasteiger partial charge in [0.25, 0.3) is 11.8 Å². The topological polar surface area (TPSA) is 93.7 Å². The van der Waals surface area contributed by atoms with Crippen LogP contribution in [-0.4, -0.2) is 43.6 Å². The number of likely N-dealkylation sites (N-methyl/N-ethyl adjacent to an activating group) is 1. The SMILES string of the molecule is CCCCOc1ccc(C(=O)NCC(=O)O[C@@H](C)C(=O)NCC)cc1. The van der Waals surface area contributed by atoms with Crippen LogP contribution in [0.25, 0.3) is 0 Å². The first-order chi connectivity index (χ1) is 12.0. The predicted molar refractivity (Wildman–Crippen MR) is 93.4 cm³/mol. The molecule has 0 aliphatic carbocycles. The second kappa shape index (κ2) is 11.1. The number of rotatable bonds is 10. The maximum Gasteiger partial charge on any atom is 0.326 e. The molecule has 0 saturated carbocycles. The second-order valence-electron chi connectivity index (χ2n) is 5.44. The van der Waals surface area contributed by atoms with Crippen molar-refractivity contribution in [3.8, 4) is 5.75 Å². The van der Waals surface area contributed by atoms with Gasteiger partial charge >= 0.3 is 5.97 Å². The van der Waals surface area contributed by atoms with E-state index in [1.807, 2.05) is 0 Å². The number of benzene rings is 1. The van der Waals surface area contributed by atoms with Crippen LogP contribution < -0.4 is 15.4 Å². The average Bonchev–Trinajstić information content (AvgIpc) is 2.60. The maximum atomic E-state index is 12.0. The predicted octanol–water partition coefficient (Wildman–Crippen LogP) is 1.66. The summed E-state index contributed by atoms with van der Waals surface area (Å²) in [5.41, 5.74) is 0.410. The Hall–Kier alpha value is -2.57. The fourth-order valence-electron chi connectivity index (χ4n) is 1.90. The second-order valence-corrected chi connectivity index (χ2v) is 5.44. The minimum Gasteiger partial charge on any atom is -0.494 e. The smallest absolute Gasteiger partial charge is 0.326 e. The molecule has 7 nitrogen and oxygen atoms in total. The fourth-order valence-corrected chi connectivity index (χ4v) is 1.90. The van der Waals surface area contributed by atoms with E-state index < -0.39 is 18.0 Å². The summed E-state index contributed by atoms with van der Waals surface area (Å²) in [7, 11) is 0. The fraction of sp³-hybridized carbons (Fsp3) is 0.500. The number of hydrogen-bond donors (Lipinski definition) is 2. The summed E-state index contributed by atoms with van der Waals surface area (Å²) in [6.07, 6.45) is 1.12. The van der Waals surface area contributed by atoms with Crippen molar-refractivity contribution in [1.82, 2.24) is 10.6 Å². The number of esters is 1. The number of ether oxygens (including phenoxy) is 2. The number of hydrogen-bond acceptors (Lipinski definition) is 5. The minimum atomic E-state index is -0.899. The van der Waals surface area contributed by atoms with E-state index in [-0.39, 0.29) is 12.5 Å². The van der Waals surface area contributed by atoms with Gasteiger partial charge in [-0.1, -0.05) is 13.3 Å². The summed E-state index contributed by atoms with van der Waals surface area (Å²) in [6, 6.07) is 6.67. The quantitative estimate of drug-likeness (QED) is 0.494.